The van der Waals surface area contributed by atoms with Crippen LogP contribution in [0.1, 0.15) is 37.8 Å². The minimum atomic E-state index is -0.219. The highest BCUT2D eigenvalue weighted by Crippen LogP contribution is 2.23. The lowest BCUT2D eigenvalue weighted by Gasteiger charge is -2.26. The van der Waals surface area contributed by atoms with E-state index in [2.05, 4.69) is 11.8 Å². The predicted octanol–water partition coefficient (Wildman–Crippen LogP) is 2.70. The van der Waals surface area contributed by atoms with Crippen molar-refractivity contribution < 1.29 is 4.39 Å². The second-order valence-electron chi connectivity index (χ2n) is 4.83. The van der Waals surface area contributed by atoms with Crippen LogP contribution in [0.3, 0.4) is 0 Å². The molecule has 1 aromatic rings. The first-order valence-corrected chi connectivity index (χ1v) is 6.46. The summed E-state index contributed by atoms with van der Waals surface area (Å²) in [5, 5.41) is 0. The molecule has 0 aliphatic carbocycles. The van der Waals surface area contributed by atoms with E-state index in [1.54, 1.807) is 12.1 Å². The molecule has 1 heterocycles. The van der Waals surface area contributed by atoms with Gasteiger partial charge in [0.2, 0.25) is 0 Å². The summed E-state index contributed by atoms with van der Waals surface area (Å²) >= 11 is 0. The summed E-state index contributed by atoms with van der Waals surface area (Å²) in [7, 11) is 0. The molecular formula is C14H21FN2. The average molecular weight is 236 g/mol. The highest BCUT2D eigenvalue weighted by molar-refractivity contribution is 5.21. The summed E-state index contributed by atoms with van der Waals surface area (Å²) in [6.07, 6.45) is 3.65. The summed E-state index contributed by atoms with van der Waals surface area (Å²) in [5.41, 5.74) is 6.74. The summed E-state index contributed by atoms with van der Waals surface area (Å²) in [6, 6.07) is 7.24. The van der Waals surface area contributed by atoms with Gasteiger partial charge in [0.1, 0.15) is 5.82 Å². The molecule has 2 nitrogen and oxygen atoms in total. The Kier molecular flexibility index (Phi) is 4.13. The van der Waals surface area contributed by atoms with Crippen molar-refractivity contribution in [3.63, 3.8) is 0 Å². The van der Waals surface area contributed by atoms with Crippen molar-refractivity contribution in [2.45, 2.75) is 38.3 Å². The number of likely N-dealkylation sites (tertiary alicyclic amines) is 1. The third-order valence-corrected chi connectivity index (χ3v) is 3.71. The molecule has 2 N–H and O–H groups in total. The zero-order valence-electron chi connectivity index (χ0n) is 10.4. The number of halogens is 1. The van der Waals surface area contributed by atoms with Crippen molar-refractivity contribution in [2.24, 2.45) is 5.73 Å². The van der Waals surface area contributed by atoms with Crippen molar-refractivity contribution in [3.05, 3.63) is 35.6 Å². The molecule has 2 atom stereocenters. The van der Waals surface area contributed by atoms with E-state index in [0.717, 1.165) is 19.5 Å². The van der Waals surface area contributed by atoms with Crippen LogP contribution in [0.4, 0.5) is 4.39 Å². The van der Waals surface area contributed by atoms with Crippen molar-refractivity contribution in [1.82, 2.24) is 4.90 Å². The number of hydrogen-bond donors (Lipinski definition) is 1. The molecule has 2 rings (SSSR count). The maximum absolute atomic E-state index is 13.6. The van der Waals surface area contributed by atoms with Gasteiger partial charge in [-0.05, 0) is 31.9 Å². The number of benzene rings is 1. The Labute approximate surface area is 103 Å². The second kappa shape index (κ2) is 5.61. The maximum atomic E-state index is 13.6. The molecule has 17 heavy (non-hydrogen) atoms. The molecule has 1 saturated heterocycles. The minimum absolute atomic E-state index is 0.188. The quantitative estimate of drug-likeness (QED) is 0.871. The van der Waals surface area contributed by atoms with Gasteiger partial charge in [-0.1, -0.05) is 25.1 Å². The second-order valence-corrected chi connectivity index (χ2v) is 4.83. The highest BCUT2D eigenvalue weighted by atomic mass is 19.1. The van der Waals surface area contributed by atoms with Crippen LogP contribution in [0, 0.1) is 5.82 Å². The summed E-state index contributed by atoms with van der Waals surface area (Å²) < 4.78 is 13.6. The van der Waals surface area contributed by atoms with Gasteiger partial charge < -0.3 is 5.73 Å². The van der Waals surface area contributed by atoms with Crippen LogP contribution < -0.4 is 5.73 Å². The molecule has 0 saturated carbocycles. The third kappa shape index (κ3) is 2.85. The lowest BCUT2D eigenvalue weighted by Crippen LogP contribution is -2.35. The van der Waals surface area contributed by atoms with Crippen LogP contribution >= 0.6 is 0 Å². The number of rotatable bonds is 4. The summed E-state index contributed by atoms with van der Waals surface area (Å²) in [4.78, 5) is 2.40. The highest BCUT2D eigenvalue weighted by Gasteiger charge is 2.25. The van der Waals surface area contributed by atoms with Crippen LogP contribution in [0.15, 0.2) is 24.3 Å². The molecule has 0 radical (unpaired) electrons. The molecule has 1 aliphatic rings. The molecule has 1 aromatic carbocycles. The normalized spacial score (nSPS) is 22.9. The summed E-state index contributed by atoms with van der Waals surface area (Å²) in [6.45, 7) is 4.07. The predicted molar refractivity (Wildman–Crippen MR) is 68.2 cm³/mol. The third-order valence-electron chi connectivity index (χ3n) is 3.71. The van der Waals surface area contributed by atoms with Gasteiger partial charge in [0.25, 0.3) is 0 Å². The molecule has 94 valence electrons. The lowest BCUT2D eigenvalue weighted by atomic mass is 10.1. The smallest absolute Gasteiger partial charge is 0.128 e. The van der Waals surface area contributed by atoms with Gasteiger partial charge >= 0.3 is 0 Å². The standard InChI is InChI=1S/C14H21FN2/c1-2-11-6-5-9-17(11)10-14(16)12-7-3-4-8-13(12)15/h3-4,7-8,11,14H,2,5-6,9-10,16H2,1H3. The van der Waals surface area contributed by atoms with Gasteiger partial charge in [0.05, 0.1) is 0 Å². The molecule has 0 aromatic heterocycles. The van der Waals surface area contributed by atoms with E-state index in [-0.39, 0.29) is 11.9 Å². The first-order chi connectivity index (χ1) is 8.22. The van der Waals surface area contributed by atoms with Gasteiger partial charge in [-0.15, -0.1) is 0 Å². The van der Waals surface area contributed by atoms with E-state index in [1.165, 1.54) is 18.9 Å². The fraction of sp³-hybridized carbons (Fsp3) is 0.571. The van der Waals surface area contributed by atoms with Gasteiger partial charge in [0, 0.05) is 24.2 Å². The molecule has 0 bridgehead atoms. The Morgan fingerprint density at radius 1 is 1.47 bits per heavy atom. The largest absolute Gasteiger partial charge is 0.323 e. The van der Waals surface area contributed by atoms with E-state index in [4.69, 9.17) is 5.73 Å². The Morgan fingerprint density at radius 3 is 2.94 bits per heavy atom. The molecule has 1 fully saturated rings. The van der Waals surface area contributed by atoms with E-state index >= 15 is 0 Å². The van der Waals surface area contributed by atoms with Crippen molar-refractivity contribution >= 4 is 0 Å². The minimum Gasteiger partial charge on any atom is -0.323 e. The number of hydrogen-bond acceptors (Lipinski definition) is 2. The van der Waals surface area contributed by atoms with E-state index in [9.17, 15) is 4.39 Å². The van der Waals surface area contributed by atoms with Crippen LogP contribution in [0.5, 0.6) is 0 Å². The molecule has 1 aliphatic heterocycles. The van der Waals surface area contributed by atoms with Gasteiger partial charge in [-0.25, -0.2) is 4.39 Å². The van der Waals surface area contributed by atoms with Crippen LogP contribution in [0.25, 0.3) is 0 Å². The van der Waals surface area contributed by atoms with Crippen molar-refractivity contribution in [1.29, 1.82) is 0 Å². The Bertz CT molecular complexity index is 367. The number of nitrogens with zero attached hydrogens (tertiary/aromatic N) is 1. The van der Waals surface area contributed by atoms with Gasteiger partial charge in [-0.2, -0.15) is 0 Å². The van der Waals surface area contributed by atoms with Crippen LogP contribution in [-0.2, 0) is 0 Å². The monoisotopic (exact) mass is 236 g/mol. The SMILES string of the molecule is CCC1CCCN1CC(N)c1ccccc1F. The average Bonchev–Trinajstić information content (AvgIpc) is 2.76. The van der Waals surface area contributed by atoms with Crippen molar-refractivity contribution in [2.75, 3.05) is 13.1 Å². The van der Waals surface area contributed by atoms with Crippen molar-refractivity contribution in [3.8, 4) is 0 Å². The number of nitrogens with two attached hydrogens (primary N) is 1. The molecule has 0 amide bonds. The van der Waals surface area contributed by atoms with Gasteiger partial charge in [0.15, 0.2) is 0 Å². The first-order valence-electron chi connectivity index (χ1n) is 6.46. The Hall–Kier alpha value is -0.930. The zero-order valence-corrected chi connectivity index (χ0v) is 10.4. The van der Waals surface area contributed by atoms with Crippen LogP contribution in [0.2, 0.25) is 0 Å². The Morgan fingerprint density at radius 2 is 2.24 bits per heavy atom. The maximum Gasteiger partial charge on any atom is 0.128 e. The van der Waals surface area contributed by atoms with E-state index in [1.807, 2.05) is 6.07 Å². The summed E-state index contributed by atoms with van der Waals surface area (Å²) in [5.74, 6) is -0.188. The molecule has 2 unspecified atom stereocenters. The molecule has 3 heteroatoms. The first kappa shape index (κ1) is 12.5. The van der Waals surface area contributed by atoms with E-state index < -0.39 is 0 Å². The zero-order chi connectivity index (χ0) is 12.3. The van der Waals surface area contributed by atoms with Crippen LogP contribution in [-0.4, -0.2) is 24.0 Å². The fourth-order valence-corrected chi connectivity index (χ4v) is 2.72. The van der Waals surface area contributed by atoms with Gasteiger partial charge in [-0.3, -0.25) is 4.90 Å². The Balaban J connectivity index is 2.01. The van der Waals surface area contributed by atoms with E-state index in [0.29, 0.717) is 11.6 Å². The topological polar surface area (TPSA) is 29.3 Å². The molecular weight excluding hydrogens is 215 g/mol. The fourth-order valence-electron chi connectivity index (χ4n) is 2.72. The molecule has 0 spiro atoms. The lowest BCUT2D eigenvalue weighted by molar-refractivity contribution is 0.232.